The Kier molecular flexibility index (Phi) is 5.33. The van der Waals surface area contributed by atoms with Crippen LogP contribution in [0.1, 0.15) is 54.7 Å². The number of hydrogen-bond donors (Lipinski definition) is 0. The third kappa shape index (κ3) is 3.50. The Morgan fingerprint density at radius 3 is 2.89 bits per heavy atom. The molecule has 1 aliphatic heterocycles. The minimum absolute atomic E-state index is 0.0398. The summed E-state index contributed by atoms with van der Waals surface area (Å²) in [5, 5.41) is 0.929. The highest BCUT2D eigenvalue weighted by molar-refractivity contribution is 6.08. The molecular formula is C23H28N2O3. The maximum absolute atomic E-state index is 13.7. The van der Waals surface area contributed by atoms with Crippen molar-refractivity contribution in [1.29, 1.82) is 0 Å². The number of fused-ring (bicyclic) bond motifs is 2. The van der Waals surface area contributed by atoms with E-state index >= 15 is 0 Å². The van der Waals surface area contributed by atoms with E-state index in [1.54, 1.807) is 0 Å². The Bertz CT molecular complexity index is 908. The number of carbonyl (C=O) groups is 2. The predicted octanol–water partition coefficient (Wildman–Crippen LogP) is 3.77. The van der Waals surface area contributed by atoms with E-state index in [1.165, 1.54) is 0 Å². The molecule has 28 heavy (non-hydrogen) atoms. The summed E-state index contributed by atoms with van der Waals surface area (Å²) in [7, 11) is 0. The molecule has 0 radical (unpaired) electrons. The van der Waals surface area contributed by atoms with Gasteiger partial charge in [-0.15, -0.1) is 0 Å². The molecule has 2 aliphatic rings. The van der Waals surface area contributed by atoms with Gasteiger partial charge in [-0.3, -0.25) is 14.6 Å². The van der Waals surface area contributed by atoms with Crippen LogP contribution in [0.5, 0.6) is 0 Å². The van der Waals surface area contributed by atoms with Gasteiger partial charge in [0.1, 0.15) is 0 Å². The highest BCUT2D eigenvalue weighted by Gasteiger charge is 2.33. The van der Waals surface area contributed by atoms with Crippen LogP contribution < -0.4 is 0 Å². The minimum Gasteiger partial charge on any atom is -0.466 e. The number of amides is 1. The standard InChI is InChI=1S/C23H28N2O3/c1-3-28-23(27)16-7-6-12-25(14-16)22(26)21-17-8-4-5-9-19(17)24-20-11-10-15(2)13-18(20)21/h4-5,8-9,15-16H,3,6-7,10-14H2,1-2H3/t15-,16+/m1/s1. The first-order chi connectivity index (χ1) is 13.6. The Morgan fingerprint density at radius 1 is 1.25 bits per heavy atom. The zero-order chi connectivity index (χ0) is 19.7. The molecule has 4 rings (SSSR count). The molecule has 1 aromatic carbocycles. The second-order valence-electron chi connectivity index (χ2n) is 8.12. The van der Waals surface area contributed by atoms with E-state index in [0.29, 0.717) is 25.6 Å². The van der Waals surface area contributed by atoms with Gasteiger partial charge in [-0.25, -0.2) is 0 Å². The average molecular weight is 380 g/mol. The van der Waals surface area contributed by atoms with E-state index in [1.807, 2.05) is 36.1 Å². The van der Waals surface area contributed by atoms with E-state index in [2.05, 4.69) is 6.92 Å². The fraction of sp³-hybridized carbons (Fsp3) is 0.522. The van der Waals surface area contributed by atoms with Gasteiger partial charge >= 0.3 is 5.97 Å². The largest absolute Gasteiger partial charge is 0.466 e. The zero-order valence-corrected chi connectivity index (χ0v) is 16.7. The van der Waals surface area contributed by atoms with Crippen LogP contribution in [-0.4, -0.2) is 41.5 Å². The molecule has 148 valence electrons. The van der Waals surface area contributed by atoms with E-state index in [0.717, 1.165) is 59.8 Å². The first kappa shape index (κ1) is 18.9. The molecule has 0 bridgehead atoms. The monoisotopic (exact) mass is 380 g/mol. The number of benzene rings is 1. The summed E-state index contributed by atoms with van der Waals surface area (Å²) in [4.78, 5) is 32.6. The van der Waals surface area contributed by atoms with Gasteiger partial charge in [0, 0.05) is 24.2 Å². The number of hydrogen-bond acceptors (Lipinski definition) is 4. The zero-order valence-electron chi connectivity index (χ0n) is 16.7. The SMILES string of the molecule is CCOC(=O)[C@H]1CCCN(C(=O)c2c3c(nc4ccccc24)CC[C@@H](C)C3)C1. The molecule has 0 spiro atoms. The summed E-state index contributed by atoms with van der Waals surface area (Å²) in [6, 6.07) is 7.93. The summed E-state index contributed by atoms with van der Waals surface area (Å²) >= 11 is 0. The summed E-state index contributed by atoms with van der Waals surface area (Å²) in [5.41, 5.74) is 3.87. The van der Waals surface area contributed by atoms with Crippen LogP contribution in [0.2, 0.25) is 0 Å². The molecule has 5 nitrogen and oxygen atoms in total. The molecule has 1 aromatic heterocycles. The third-order valence-electron chi connectivity index (χ3n) is 6.05. The second-order valence-corrected chi connectivity index (χ2v) is 8.12. The molecule has 1 amide bonds. The van der Waals surface area contributed by atoms with Gasteiger partial charge in [0.2, 0.25) is 0 Å². The van der Waals surface area contributed by atoms with Crippen molar-refractivity contribution in [2.45, 2.75) is 46.0 Å². The van der Waals surface area contributed by atoms with Gasteiger partial charge in [0.05, 0.1) is 23.6 Å². The molecular weight excluding hydrogens is 352 g/mol. The van der Waals surface area contributed by atoms with Crippen LogP contribution in [0.25, 0.3) is 10.9 Å². The first-order valence-electron chi connectivity index (χ1n) is 10.4. The van der Waals surface area contributed by atoms with Gasteiger partial charge < -0.3 is 9.64 Å². The van der Waals surface area contributed by atoms with Gasteiger partial charge in [-0.1, -0.05) is 25.1 Å². The Labute approximate surface area is 166 Å². The molecule has 0 saturated carbocycles. The molecule has 0 unspecified atom stereocenters. The summed E-state index contributed by atoms with van der Waals surface area (Å²) in [6.07, 6.45) is 4.54. The highest BCUT2D eigenvalue weighted by Crippen LogP contribution is 2.33. The maximum Gasteiger partial charge on any atom is 0.310 e. The van der Waals surface area contributed by atoms with Crippen molar-refractivity contribution in [3.8, 4) is 0 Å². The molecule has 1 saturated heterocycles. The lowest BCUT2D eigenvalue weighted by atomic mass is 9.83. The molecule has 1 aliphatic carbocycles. The first-order valence-corrected chi connectivity index (χ1v) is 10.4. The van der Waals surface area contributed by atoms with Gasteiger partial charge in [-0.05, 0) is 56.6 Å². The summed E-state index contributed by atoms with van der Waals surface area (Å²) < 4.78 is 5.20. The fourth-order valence-electron chi connectivity index (χ4n) is 4.58. The number of aromatic nitrogens is 1. The van der Waals surface area contributed by atoms with E-state index < -0.39 is 0 Å². The van der Waals surface area contributed by atoms with Crippen molar-refractivity contribution in [3.63, 3.8) is 0 Å². The van der Waals surface area contributed by atoms with Crippen LogP contribution in [0, 0.1) is 11.8 Å². The van der Waals surface area contributed by atoms with Crippen LogP contribution in [0.4, 0.5) is 0 Å². The van der Waals surface area contributed by atoms with Crippen molar-refractivity contribution >= 4 is 22.8 Å². The number of ether oxygens (including phenoxy) is 1. The lowest BCUT2D eigenvalue weighted by Crippen LogP contribution is -2.43. The molecule has 5 heteroatoms. The minimum atomic E-state index is -0.222. The van der Waals surface area contributed by atoms with Crippen molar-refractivity contribution in [3.05, 3.63) is 41.1 Å². The topological polar surface area (TPSA) is 59.5 Å². The normalized spacial score (nSPS) is 22.0. The maximum atomic E-state index is 13.7. The van der Waals surface area contributed by atoms with Crippen LogP contribution in [0.15, 0.2) is 24.3 Å². The van der Waals surface area contributed by atoms with E-state index in [-0.39, 0.29) is 17.8 Å². The highest BCUT2D eigenvalue weighted by atomic mass is 16.5. The number of rotatable bonds is 3. The number of aryl methyl sites for hydroxylation is 1. The molecule has 2 aromatic rings. The molecule has 1 fully saturated rings. The Morgan fingerprint density at radius 2 is 2.07 bits per heavy atom. The van der Waals surface area contributed by atoms with Crippen molar-refractivity contribution < 1.29 is 14.3 Å². The molecule has 2 heterocycles. The van der Waals surface area contributed by atoms with Gasteiger partial charge in [0.25, 0.3) is 5.91 Å². The van der Waals surface area contributed by atoms with Gasteiger partial charge in [0.15, 0.2) is 0 Å². The number of piperidine rings is 1. The lowest BCUT2D eigenvalue weighted by molar-refractivity contribution is -0.149. The number of pyridine rings is 1. The van der Waals surface area contributed by atoms with E-state index in [4.69, 9.17) is 9.72 Å². The van der Waals surface area contributed by atoms with Crippen molar-refractivity contribution in [2.75, 3.05) is 19.7 Å². The second kappa shape index (κ2) is 7.90. The van der Waals surface area contributed by atoms with Gasteiger partial charge in [-0.2, -0.15) is 0 Å². The molecule has 0 N–H and O–H groups in total. The number of para-hydroxylation sites is 1. The fourth-order valence-corrected chi connectivity index (χ4v) is 4.58. The third-order valence-corrected chi connectivity index (χ3v) is 6.05. The predicted molar refractivity (Wildman–Crippen MR) is 108 cm³/mol. The number of carbonyl (C=O) groups excluding carboxylic acids is 2. The van der Waals surface area contributed by atoms with Crippen molar-refractivity contribution in [2.24, 2.45) is 11.8 Å². The number of likely N-dealkylation sites (tertiary alicyclic amines) is 1. The van der Waals surface area contributed by atoms with E-state index in [9.17, 15) is 9.59 Å². The van der Waals surface area contributed by atoms with Crippen LogP contribution >= 0.6 is 0 Å². The van der Waals surface area contributed by atoms with Crippen LogP contribution in [0.3, 0.4) is 0 Å². The average Bonchev–Trinajstić information content (AvgIpc) is 2.72. The number of esters is 1. The lowest BCUT2D eigenvalue weighted by Gasteiger charge is -2.33. The Hall–Kier alpha value is -2.43. The van der Waals surface area contributed by atoms with Crippen molar-refractivity contribution in [1.82, 2.24) is 9.88 Å². The number of nitrogens with zero attached hydrogens (tertiary/aromatic N) is 2. The quantitative estimate of drug-likeness (QED) is 0.761. The van der Waals surface area contributed by atoms with Crippen LogP contribution in [-0.2, 0) is 22.4 Å². The smallest absolute Gasteiger partial charge is 0.310 e. The Balaban J connectivity index is 1.72. The summed E-state index contributed by atoms with van der Waals surface area (Å²) in [5.74, 6) is 0.185. The molecule has 2 atom stereocenters. The summed E-state index contributed by atoms with van der Waals surface area (Å²) in [6.45, 7) is 5.57.